The van der Waals surface area contributed by atoms with E-state index in [0.717, 1.165) is 39.3 Å². The molecule has 2 nitrogen and oxygen atoms in total. The fourth-order valence-electron chi connectivity index (χ4n) is 7.92. The number of rotatable bonds is 5. The largest absolute Gasteiger partial charge is 0.292 e. The first-order valence-electron chi connectivity index (χ1n) is 17.6. The quantitative estimate of drug-likeness (QED) is 0.167. The molecule has 0 bridgehead atoms. The summed E-state index contributed by atoms with van der Waals surface area (Å²) >= 11 is 0. The van der Waals surface area contributed by atoms with Crippen LogP contribution < -0.4 is 0 Å². The van der Waals surface area contributed by atoms with E-state index in [2.05, 4.69) is 144 Å². The molecule has 10 aromatic rings. The first-order valence-corrected chi connectivity index (χ1v) is 17.6. The Morgan fingerprint density at radius 2 is 0.962 bits per heavy atom. The average Bonchev–Trinajstić information content (AvgIpc) is 3.58. The summed E-state index contributed by atoms with van der Waals surface area (Å²) in [6.45, 7) is 0. The summed E-state index contributed by atoms with van der Waals surface area (Å²) in [6.07, 6.45) is 0. The standard InChI is InChI=1S/C49H31FN2/c50-37-26-29-46-45(31-37)51-49(44-21-11-6-16-39(44)33-13-2-1-3-14-33)52(46)38-27-24-34(25-28-38)47-40-17-7-9-19-42(40)48(43-20-10-8-18-41(43)47)36-23-22-32-12-4-5-15-35(32)30-36/h1-31H. The van der Waals surface area contributed by atoms with Crippen molar-refractivity contribution in [2.24, 2.45) is 0 Å². The van der Waals surface area contributed by atoms with Crippen molar-refractivity contribution in [2.75, 3.05) is 0 Å². The van der Waals surface area contributed by atoms with E-state index in [0.29, 0.717) is 5.52 Å². The van der Waals surface area contributed by atoms with Gasteiger partial charge in [-0.1, -0.05) is 152 Å². The monoisotopic (exact) mass is 666 g/mol. The Morgan fingerprint density at radius 1 is 0.404 bits per heavy atom. The second-order valence-corrected chi connectivity index (χ2v) is 13.3. The van der Waals surface area contributed by atoms with Gasteiger partial charge < -0.3 is 0 Å². The number of fused-ring (bicyclic) bond motifs is 4. The zero-order valence-electron chi connectivity index (χ0n) is 28.2. The predicted octanol–water partition coefficient (Wildman–Crippen LogP) is 13.3. The van der Waals surface area contributed by atoms with Gasteiger partial charge in [-0.3, -0.25) is 4.57 Å². The lowest BCUT2D eigenvalue weighted by molar-refractivity contribution is 0.629. The molecule has 9 aromatic carbocycles. The second-order valence-electron chi connectivity index (χ2n) is 13.3. The lowest BCUT2D eigenvalue weighted by Gasteiger charge is -2.18. The molecule has 0 saturated carbocycles. The third-order valence-electron chi connectivity index (χ3n) is 10.3. The number of hydrogen-bond acceptors (Lipinski definition) is 1. The van der Waals surface area contributed by atoms with Crippen LogP contribution in [0.2, 0.25) is 0 Å². The normalized spacial score (nSPS) is 11.6. The molecule has 1 aromatic heterocycles. The highest BCUT2D eigenvalue weighted by Crippen LogP contribution is 2.44. The van der Waals surface area contributed by atoms with Crippen LogP contribution in [0.25, 0.3) is 93.8 Å². The summed E-state index contributed by atoms with van der Waals surface area (Å²) in [5.41, 5.74) is 10.4. The van der Waals surface area contributed by atoms with Crippen molar-refractivity contribution < 1.29 is 4.39 Å². The van der Waals surface area contributed by atoms with Gasteiger partial charge in [-0.05, 0) is 96.0 Å². The van der Waals surface area contributed by atoms with E-state index in [1.54, 1.807) is 0 Å². The SMILES string of the molecule is Fc1ccc2c(c1)nc(-c1ccccc1-c1ccccc1)n2-c1ccc(-c2c3ccccc3c(-c3ccc4ccccc4c3)c3ccccc23)cc1. The van der Waals surface area contributed by atoms with Crippen molar-refractivity contribution >= 4 is 43.4 Å². The van der Waals surface area contributed by atoms with Gasteiger partial charge in [0.15, 0.2) is 0 Å². The molecule has 0 aliphatic heterocycles. The molecule has 0 unspecified atom stereocenters. The van der Waals surface area contributed by atoms with Crippen LogP contribution in [0.5, 0.6) is 0 Å². The smallest absolute Gasteiger partial charge is 0.146 e. The van der Waals surface area contributed by atoms with Crippen molar-refractivity contribution in [2.45, 2.75) is 0 Å². The summed E-state index contributed by atoms with van der Waals surface area (Å²) < 4.78 is 16.7. The van der Waals surface area contributed by atoms with Gasteiger partial charge in [0.25, 0.3) is 0 Å². The van der Waals surface area contributed by atoms with E-state index in [9.17, 15) is 4.39 Å². The van der Waals surface area contributed by atoms with E-state index in [1.807, 2.05) is 36.4 Å². The Morgan fingerprint density at radius 3 is 1.65 bits per heavy atom. The van der Waals surface area contributed by atoms with Crippen LogP contribution in [0.4, 0.5) is 4.39 Å². The Labute approximate surface area is 300 Å². The minimum Gasteiger partial charge on any atom is -0.292 e. The molecule has 0 amide bonds. The zero-order valence-corrected chi connectivity index (χ0v) is 28.2. The molecule has 0 fully saturated rings. The van der Waals surface area contributed by atoms with Crippen molar-refractivity contribution in [1.82, 2.24) is 9.55 Å². The molecule has 0 aliphatic carbocycles. The molecule has 0 spiro atoms. The van der Waals surface area contributed by atoms with Crippen LogP contribution in [0.1, 0.15) is 0 Å². The van der Waals surface area contributed by atoms with Crippen LogP contribution in [0.15, 0.2) is 188 Å². The highest BCUT2D eigenvalue weighted by molar-refractivity contribution is 6.21. The van der Waals surface area contributed by atoms with Gasteiger partial charge in [0.05, 0.1) is 11.0 Å². The molecule has 3 heteroatoms. The number of nitrogens with zero attached hydrogens (tertiary/aromatic N) is 2. The summed E-state index contributed by atoms with van der Waals surface area (Å²) in [6, 6.07) is 65.1. The van der Waals surface area contributed by atoms with Gasteiger partial charge in [-0.25, -0.2) is 9.37 Å². The number of aromatic nitrogens is 2. The Bertz CT molecular complexity index is 2900. The second kappa shape index (κ2) is 12.2. The van der Waals surface area contributed by atoms with Crippen molar-refractivity contribution in [3.63, 3.8) is 0 Å². The number of benzene rings is 9. The Balaban J connectivity index is 1.17. The van der Waals surface area contributed by atoms with Gasteiger partial charge in [0, 0.05) is 17.3 Å². The Kier molecular flexibility index (Phi) is 7.04. The first-order chi connectivity index (χ1) is 25.7. The lowest BCUT2D eigenvalue weighted by Crippen LogP contribution is -1.99. The van der Waals surface area contributed by atoms with Crippen molar-refractivity contribution in [1.29, 1.82) is 0 Å². The van der Waals surface area contributed by atoms with Crippen molar-refractivity contribution in [3.8, 4) is 50.5 Å². The lowest BCUT2D eigenvalue weighted by atomic mass is 9.85. The minimum absolute atomic E-state index is 0.304. The van der Waals surface area contributed by atoms with E-state index < -0.39 is 0 Å². The van der Waals surface area contributed by atoms with Gasteiger partial charge in [0.1, 0.15) is 11.6 Å². The van der Waals surface area contributed by atoms with E-state index in [4.69, 9.17) is 4.98 Å². The summed E-state index contributed by atoms with van der Waals surface area (Å²) in [5.74, 6) is 0.463. The summed E-state index contributed by atoms with van der Waals surface area (Å²) in [5, 5.41) is 7.32. The highest BCUT2D eigenvalue weighted by Gasteiger charge is 2.20. The van der Waals surface area contributed by atoms with E-state index in [1.165, 1.54) is 61.1 Å². The fourth-order valence-corrected chi connectivity index (χ4v) is 7.92. The van der Waals surface area contributed by atoms with Crippen LogP contribution in [-0.4, -0.2) is 9.55 Å². The van der Waals surface area contributed by atoms with Crippen LogP contribution in [0, 0.1) is 5.82 Å². The van der Waals surface area contributed by atoms with Gasteiger partial charge in [0.2, 0.25) is 0 Å². The molecule has 0 atom stereocenters. The maximum absolute atomic E-state index is 14.6. The molecule has 10 rings (SSSR count). The maximum Gasteiger partial charge on any atom is 0.146 e. The number of halogens is 1. The molecule has 1 heterocycles. The fraction of sp³-hybridized carbons (Fsp3) is 0. The van der Waals surface area contributed by atoms with E-state index >= 15 is 0 Å². The third kappa shape index (κ3) is 4.90. The zero-order chi connectivity index (χ0) is 34.6. The summed E-state index contributed by atoms with van der Waals surface area (Å²) in [7, 11) is 0. The molecule has 0 saturated heterocycles. The molecular weight excluding hydrogens is 636 g/mol. The van der Waals surface area contributed by atoms with Crippen LogP contribution in [-0.2, 0) is 0 Å². The van der Waals surface area contributed by atoms with Crippen LogP contribution >= 0.6 is 0 Å². The maximum atomic E-state index is 14.6. The third-order valence-corrected chi connectivity index (χ3v) is 10.3. The topological polar surface area (TPSA) is 17.8 Å². The molecule has 244 valence electrons. The summed E-state index contributed by atoms with van der Waals surface area (Å²) in [4.78, 5) is 5.05. The average molecular weight is 667 g/mol. The highest BCUT2D eigenvalue weighted by atomic mass is 19.1. The minimum atomic E-state index is -0.304. The first kappa shape index (κ1) is 30.0. The Hall–Kier alpha value is -6.84. The van der Waals surface area contributed by atoms with Gasteiger partial charge >= 0.3 is 0 Å². The molecule has 0 radical (unpaired) electrons. The van der Waals surface area contributed by atoms with Gasteiger partial charge in [-0.15, -0.1) is 0 Å². The van der Waals surface area contributed by atoms with Gasteiger partial charge in [-0.2, -0.15) is 0 Å². The van der Waals surface area contributed by atoms with E-state index in [-0.39, 0.29) is 5.82 Å². The molecule has 0 aliphatic rings. The van der Waals surface area contributed by atoms with Crippen LogP contribution in [0.3, 0.4) is 0 Å². The molecular formula is C49H31FN2. The van der Waals surface area contributed by atoms with Crippen molar-refractivity contribution in [3.05, 3.63) is 194 Å². The molecule has 0 N–H and O–H groups in total. The number of hydrogen-bond donors (Lipinski definition) is 0. The predicted molar refractivity (Wildman–Crippen MR) is 215 cm³/mol. The molecule has 52 heavy (non-hydrogen) atoms. The number of imidazole rings is 1.